The van der Waals surface area contributed by atoms with E-state index in [1.54, 1.807) is 0 Å². The second-order valence-electron chi connectivity index (χ2n) is 2.80. The van der Waals surface area contributed by atoms with Gasteiger partial charge >= 0.3 is 0 Å². The molecule has 0 unspecified atom stereocenters. The van der Waals surface area contributed by atoms with Gasteiger partial charge in [0.1, 0.15) is 0 Å². The fourth-order valence-corrected chi connectivity index (χ4v) is 1.02. The van der Waals surface area contributed by atoms with Crippen LogP contribution in [0.25, 0.3) is 6.08 Å². The minimum Gasteiger partial charge on any atom is -0.376 e. The molecule has 0 aromatic heterocycles. The van der Waals surface area contributed by atoms with Gasteiger partial charge in [-0.25, -0.2) is 0 Å². The van der Waals surface area contributed by atoms with Crippen molar-refractivity contribution in [1.82, 2.24) is 0 Å². The summed E-state index contributed by atoms with van der Waals surface area (Å²) < 4.78 is 5.19. The Hall–Kier alpha value is -1.59. The van der Waals surface area contributed by atoms with Crippen LogP contribution < -0.4 is 0 Å². The van der Waals surface area contributed by atoms with Crippen molar-refractivity contribution >= 4 is 6.08 Å². The largest absolute Gasteiger partial charge is 0.376 e. The summed E-state index contributed by atoms with van der Waals surface area (Å²) in [5, 5.41) is 8.25. The smallest absolute Gasteiger partial charge is 0.0651 e. The number of hydrogen-bond donors (Lipinski definition) is 0. The van der Waals surface area contributed by atoms with Crippen molar-refractivity contribution in [2.75, 3.05) is 13.2 Å². The molecule has 72 valence electrons. The van der Waals surface area contributed by atoms with Gasteiger partial charge in [0.15, 0.2) is 0 Å². The molecule has 2 nitrogen and oxygen atoms in total. The Morgan fingerprint density at radius 3 is 2.79 bits per heavy atom. The molecule has 14 heavy (non-hydrogen) atoms. The molecule has 0 saturated carbocycles. The molecule has 0 aliphatic rings. The number of rotatable bonds is 5. The highest BCUT2D eigenvalue weighted by Gasteiger charge is 1.84. The molecule has 2 heteroatoms. The van der Waals surface area contributed by atoms with Crippen LogP contribution in [-0.4, -0.2) is 13.2 Å². The van der Waals surface area contributed by atoms with E-state index in [-0.39, 0.29) is 0 Å². The molecule has 1 rings (SSSR count). The maximum Gasteiger partial charge on any atom is 0.0651 e. The first-order valence-electron chi connectivity index (χ1n) is 4.60. The van der Waals surface area contributed by atoms with Crippen LogP contribution in [0, 0.1) is 11.3 Å². The standard InChI is InChI=1S/C12H13NO/c13-9-5-11-14-10-4-8-12-6-2-1-3-7-12/h1-4,6-8H,5,10-11H2/b8-4+. The van der Waals surface area contributed by atoms with Crippen LogP contribution >= 0.6 is 0 Å². The van der Waals surface area contributed by atoms with Crippen molar-refractivity contribution in [1.29, 1.82) is 5.26 Å². The van der Waals surface area contributed by atoms with Crippen molar-refractivity contribution in [2.24, 2.45) is 0 Å². The Bertz CT molecular complexity index is 311. The fourth-order valence-electron chi connectivity index (χ4n) is 1.02. The van der Waals surface area contributed by atoms with Crippen LogP contribution in [0.5, 0.6) is 0 Å². The van der Waals surface area contributed by atoms with Gasteiger partial charge in [0.05, 0.1) is 25.7 Å². The topological polar surface area (TPSA) is 33.0 Å². The summed E-state index contributed by atoms with van der Waals surface area (Å²) in [6.07, 6.45) is 4.41. The number of ether oxygens (including phenoxy) is 1. The molecule has 0 fully saturated rings. The SMILES string of the molecule is N#CCCOC/C=C/c1ccccc1. The number of benzene rings is 1. The Morgan fingerprint density at radius 1 is 1.29 bits per heavy atom. The van der Waals surface area contributed by atoms with Crippen LogP contribution in [0.4, 0.5) is 0 Å². The molecule has 0 spiro atoms. The van der Waals surface area contributed by atoms with Crippen molar-refractivity contribution in [2.45, 2.75) is 6.42 Å². The lowest BCUT2D eigenvalue weighted by molar-refractivity contribution is 0.169. The zero-order chi connectivity index (χ0) is 10.1. The Morgan fingerprint density at radius 2 is 2.07 bits per heavy atom. The van der Waals surface area contributed by atoms with Gasteiger partial charge in [0.2, 0.25) is 0 Å². The molecule has 0 radical (unpaired) electrons. The van der Waals surface area contributed by atoms with E-state index in [2.05, 4.69) is 0 Å². The highest BCUT2D eigenvalue weighted by Crippen LogP contribution is 2.00. The summed E-state index contributed by atoms with van der Waals surface area (Å²) >= 11 is 0. The highest BCUT2D eigenvalue weighted by atomic mass is 16.5. The minimum absolute atomic E-state index is 0.458. The molecular weight excluding hydrogens is 174 g/mol. The molecule has 0 heterocycles. The van der Waals surface area contributed by atoms with Gasteiger partial charge < -0.3 is 4.74 Å². The zero-order valence-corrected chi connectivity index (χ0v) is 8.02. The van der Waals surface area contributed by atoms with Gasteiger partial charge in [-0.2, -0.15) is 5.26 Å². The maximum absolute atomic E-state index is 8.25. The second kappa shape index (κ2) is 6.88. The fraction of sp³-hybridized carbons (Fsp3) is 0.250. The van der Waals surface area contributed by atoms with Crippen LogP contribution in [0.2, 0.25) is 0 Å². The second-order valence-corrected chi connectivity index (χ2v) is 2.80. The molecule has 0 aliphatic heterocycles. The van der Waals surface area contributed by atoms with Crippen LogP contribution in [0.1, 0.15) is 12.0 Å². The summed E-state index contributed by atoms with van der Waals surface area (Å²) in [5.41, 5.74) is 1.16. The summed E-state index contributed by atoms with van der Waals surface area (Å²) in [4.78, 5) is 0. The molecule has 0 saturated heterocycles. The van der Waals surface area contributed by atoms with Gasteiger partial charge in [0.25, 0.3) is 0 Å². The van der Waals surface area contributed by atoms with Crippen molar-refractivity contribution < 1.29 is 4.74 Å². The van der Waals surface area contributed by atoms with E-state index >= 15 is 0 Å². The van der Waals surface area contributed by atoms with E-state index < -0.39 is 0 Å². The quantitative estimate of drug-likeness (QED) is 0.664. The van der Waals surface area contributed by atoms with E-state index in [1.165, 1.54) is 0 Å². The third-order valence-corrected chi connectivity index (χ3v) is 1.68. The summed E-state index contributed by atoms with van der Waals surface area (Å²) in [6.45, 7) is 1.08. The van der Waals surface area contributed by atoms with Gasteiger partial charge in [-0.1, -0.05) is 42.5 Å². The molecule has 1 aromatic carbocycles. The predicted molar refractivity (Wildman–Crippen MR) is 56.5 cm³/mol. The lowest BCUT2D eigenvalue weighted by atomic mass is 10.2. The zero-order valence-electron chi connectivity index (χ0n) is 8.02. The van der Waals surface area contributed by atoms with E-state index in [4.69, 9.17) is 10.00 Å². The van der Waals surface area contributed by atoms with Crippen LogP contribution in [-0.2, 0) is 4.74 Å². The summed E-state index contributed by atoms with van der Waals surface area (Å²) in [7, 11) is 0. The number of hydrogen-bond acceptors (Lipinski definition) is 2. The summed E-state index contributed by atoms with van der Waals surface area (Å²) in [6, 6.07) is 12.1. The highest BCUT2D eigenvalue weighted by molar-refractivity contribution is 5.48. The van der Waals surface area contributed by atoms with Crippen molar-refractivity contribution in [3.8, 4) is 6.07 Å². The van der Waals surface area contributed by atoms with Crippen LogP contribution in [0.3, 0.4) is 0 Å². The van der Waals surface area contributed by atoms with E-state index in [0.29, 0.717) is 19.6 Å². The molecule has 0 aliphatic carbocycles. The number of nitriles is 1. The third-order valence-electron chi connectivity index (χ3n) is 1.68. The Kier molecular flexibility index (Phi) is 5.15. The van der Waals surface area contributed by atoms with Crippen molar-refractivity contribution in [3.63, 3.8) is 0 Å². The monoisotopic (exact) mass is 187 g/mol. The molecule has 0 N–H and O–H groups in total. The Labute approximate surface area is 84.4 Å². The minimum atomic E-state index is 0.458. The first-order chi connectivity index (χ1) is 6.93. The van der Waals surface area contributed by atoms with E-state index in [0.717, 1.165) is 5.56 Å². The predicted octanol–water partition coefficient (Wildman–Crippen LogP) is 2.63. The molecule has 1 aromatic rings. The van der Waals surface area contributed by atoms with E-state index in [1.807, 2.05) is 48.6 Å². The van der Waals surface area contributed by atoms with Gasteiger partial charge in [-0.05, 0) is 5.56 Å². The molecule has 0 amide bonds. The maximum atomic E-state index is 8.25. The molecular formula is C12H13NO. The van der Waals surface area contributed by atoms with Crippen LogP contribution in [0.15, 0.2) is 36.4 Å². The normalized spacial score (nSPS) is 10.2. The third kappa shape index (κ3) is 4.44. The van der Waals surface area contributed by atoms with Gasteiger partial charge in [-0.3, -0.25) is 0 Å². The molecule has 0 bridgehead atoms. The first-order valence-corrected chi connectivity index (χ1v) is 4.60. The van der Waals surface area contributed by atoms with E-state index in [9.17, 15) is 0 Å². The lowest BCUT2D eigenvalue weighted by Crippen LogP contribution is -1.92. The van der Waals surface area contributed by atoms with Crippen molar-refractivity contribution in [3.05, 3.63) is 42.0 Å². The first kappa shape index (κ1) is 10.5. The number of nitrogens with zero attached hydrogens (tertiary/aromatic N) is 1. The lowest BCUT2D eigenvalue weighted by Gasteiger charge is -1.95. The Balaban J connectivity index is 2.19. The van der Waals surface area contributed by atoms with Gasteiger partial charge in [-0.15, -0.1) is 0 Å². The molecule has 0 atom stereocenters. The average Bonchev–Trinajstić information content (AvgIpc) is 2.25. The average molecular weight is 187 g/mol. The summed E-state index contributed by atoms with van der Waals surface area (Å²) in [5.74, 6) is 0. The van der Waals surface area contributed by atoms with Gasteiger partial charge in [0, 0.05) is 0 Å².